The number of nitrogens with zero attached hydrogens (tertiary/aromatic N) is 4. The third-order valence-electron chi connectivity index (χ3n) is 4.80. The van der Waals surface area contributed by atoms with Crippen LogP contribution in [0.15, 0.2) is 48.7 Å². The SMILES string of the molecule is Cc1ccc(Nc2nncc(Nc3ccc(N4CCCC4)cc3)n2)c(C)c1. The van der Waals surface area contributed by atoms with Crippen LogP contribution in [-0.2, 0) is 0 Å². The number of benzene rings is 2. The summed E-state index contributed by atoms with van der Waals surface area (Å²) in [4.78, 5) is 6.94. The molecular weight excluding hydrogens is 336 g/mol. The summed E-state index contributed by atoms with van der Waals surface area (Å²) < 4.78 is 0. The molecule has 0 amide bonds. The fraction of sp³-hybridized carbons (Fsp3) is 0.286. The van der Waals surface area contributed by atoms with E-state index in [4.69, 9.17) is 0 Å². The normalized spacial score (nSPS) is 13.6. The van der Waals surface area contributed by atoms with Crippen molar-refractivity contribution in [2.75, 3.05) is 28.6 Å². The van der Waals surface area contributed by atoms with Crippen molar-refractivity contribution in [3.63, 3.8) is 0 Å². The molecule has 0 atom stereocenters. The number of aromatic nitrogens is 3. The van der Waals surface area contributed by atoms with Crippen LogP contribution in [0.25, 0.3) is 0 Å². The first-order chi connectivity index (χ1) is 13.2. The van der Waals surface area contributed by atoms with Gasteiger partial charge in [-0.2, -0.15) is 10.1 Å². The molecule has 0 bridgehead atoms. The Balaban J connectivity index is 1.46. The van der Waals surface area contributed by atoms with Crippen molar-refractivity contribution in [1.82, 2.24) is 15.2 Å². The highest BCUT2D eigenvalue weighted by molar-refractivity contribution is 5.63. The van der Waals surface area contributed by atoms with Crippen LogP contribution in [0.3, 0.4) is 0 Å². The van der Waals surface area contributed by atoms with Gasteiger partial charge < -0.3 is 15.5 Å². The lowest BCUT2D eigenvalue weighted by atomic mass is 10.1. The molecule has 4 rings (SSSR count). The average molecular weight is 360 g/mol. The smallest absolute Gasteiger partial charge is 0.249 e. The second-order valence-electron chi connectivity index (χ2n) is 6.97. The van der Waals surface area contributed by atoms with Gasteiger partial charge >= 0.3 is 0 Å². The lowest BCUT2D eigenvalue weighted by Gasteiger charge is -2.17. The van der Waals surface area contributed by atoms with Crippen LogP contribution in [0.5, 0.6) is 0 Å². The van der Waals surface area contributed by atoms with Gasteiger partial charge in [0.2, 0.25) is 5.95 Å². The number of rotatable bonds is 5. The average Bonchev–Trinajstić information content (AvgIpc) is 3.20. The van der Waals surface area contributed by atoms with Crippen LogP contribution in [0, 0.1) is 13.8 Å². The van der Waals surface area contributed by atoms with Gasteiger partial charge in [-0.1, -0.05) is 17.7 Å². The van der Waals surface area contributed by atoms with E-state index in [0.29, 0.717) is 11.8 Å². The first-order valence-electron chi connectivity index (χ1n) is 9.33. The van der Waals surface area contributed by atoms with Gasteiger partial charge in [0.15, 0.2) is 5.82 Å². The summed E-state index contributed by atoms with van der Waals surface area (Å²) in [6, 6.07) is 14.7. The Morgan fingerprint density at radius 3 is 2.44 bits per heavy atom. The summed E-state index contributed by atoms with van der Waals surface area (Å²) >= 11 is 0. The van der Waals surface area contributed by atoms with E-state index in [9.17, 15) is 0 Å². The number of nitrogens with one attached hydrogen (secondary N) is 2. The van der Waals surface area contributed by atoms with Crippen molar-refractivity contribution < 1.29 is 0 Å². The molecule has 1 saturated heterocycles. The van der Waals surface area contributed by atoms with Crippen LogP contribution < -0.4 is 15.5 Å². The number of hydrogen-bond donors (Lipinski definition) is 2. The van der Waals surface area contributed by atoms with Crippen molar-refractivity contribution in [2.24, 2.45) is 0 Å². The lowest BCUT2D eigenvalue weighted by Crippen LogP contribution is -2.17. The van der Waals surface area contributed by atoms with E-state index in [2.05, 4.69) is 81.0 Å². The van der Waals surface area contributed by atoms with Crippen molar-refractivity contribution in [2.45, 2.75) is 26.7 Å². The molecule has 0 spiro atoms. The molecule has 2 N–H and O–H groups in total. The van der Waals surface area contributed by atoms with E-state index in [1.807, 2.05) is 6.07 Å². The summed E-state index contributed by atoms with van der Waals surface area (Å²) in [7, 11) is 0. The van der Waals surface area contributed by atoms with E-state index in [0.717, 1.165) is 30.0 Å². The molecule has 6 nitrogen and oxygen atoms in total. The molecule has 0 radical (unpaired) electrons. The van der Waals surface area contributed by atoms with E-state index < -0.39 is 0 Å². The first kappa shape index (κ1) is 17.3. The van der Waals surface area contributed by atoms with Crippen LogP contribution >= 0.6 is 0 Å². The fourth-order valence-corrected chi connectivity index (χ4v) is 3.37. The molecule has 2 heterocycles. The predicted molar refractivity (Wildman–Crippen MR) is 110 cm³/mol. The molecule has 1 aliphatic rings. The van der Waals surface area contributed by atoms with Gasteiger partial charge in [0.05, 0.1) is 6.20 Å². The van der Waals surface area contributed by atoms with Crippen LogP contribution in [-0.4, -0.2) is 28.3 Å². The number of aryl methyl sites for hydroxylation is 2. The maximum atomic E-state index is 4.52. The second-order valence-corrected chi connectivity index (χ2v) is 6.97. The third-order valence-corrected chi connectivity index (χ3v) is 4.80. The van der Waals surface area contributed by atoms with Crippen LogP contribution in [0.2, 0.25) is 0 Å². The quantitative estimate of drug-likeness (QED) is 0.694. The van der Waals surface area contributed by atoms with Gasteiger partial charge in [-0.25, -0.2) is 0 Å². The Bertz CT molecular complexity index is 916. The van der Waals surface area contributed by atoms with Crippen LogP contribution in [0.4, 0.5) is 28.8 Å². The van der Waals surface area contributed by atoms with Crippen LogP contribution in [0.1, 0.15) is 24.0 Å². The molecule has 1 aliphatic heterocycles. The maximum absolute atomic E-state index is 4.52. The molecule has 0 saturated carbocycles. The molecule has 138 valence electrons. The monoisotopic (exact) mass is 360 g/mol. The molecule has 1 aromatic heterocycles. The molecule has 1 fully saturated rings. The topological polar surface area (TPSA) is 66.0 Å². The van der Waals surface area contributed by atoms with Crippen molar-refractivity contribution in [3.8, 4) is 0 Å². The number of hydrogen-bond acceptors (Lipinski definition) is 6. The summed E-state index contributed by atoms with van der Waals surface area (Å²) in [5, 5.41) is 14.7. The van der Waals surface area contributed by atoms with Crippen molar-refractivity contribution in [3.05, 3.63) is 59.8 Å². The highest BCUT2D eigenvalue weighted by Crippen LogP contribution is 2.24. The Kier molecular flexibility index (Phi) is 4.87. The Morgan fingerprint density at radius 1 is 0.926 bits per heavy atom. The standard InChI is InChI=1S/C21H24N6/c1-15-5-10-19(16(2)13-15)24-21-25-20(14-22-26-21)23-17-6-8-18(9-7-17)27-11-3-4-12-27/h5-10,13-14H,3-4,11-12H2,1-2H3,(H2,23,24,25,26). The Hall–Kier alpha value is -3.15. The summed E-state index contributed by atoms with van der Waals surface area (Å²) in [5.74, 6) is 1.13. The zero-order valence-electron chi connectivity index (χ0n) is 15.7. The third kappa shape index (κ3) is 4.16. The number of anilines is 5. The zero-order valence-corrected chi connectivity index (χ0v) is 15.7. The maximum Gasteiger partial charge on any atom is 0.249 e. The van der Waals surface area contributed by atoms with E-state index in [1.165, 1.54) is 24.1 Å². The first-order valence-corrected chi connectivity index (χ1v) is 9.33. The Morgan fingerprint density at radius 2 is 1.70 bits per heavy atom. The summed E-state index contributed by atoms with van der Waals surface area (Å²) in [6.45, 7) is 6.44. The molecule has 2 aromatic carbocycles. The van der Waals surface area contributed by atoms with Gasteiger partial charge in [-0.3, -0.25) is 0 Å². The van der Waals surface area contributed by atoms with Gasteiger partial charge in [0.25, 0.3) is 0 Å². The van der Waals surface area contributed by atoms with Gasteiger partial charge in [0.1, 0.15) is 0 Å². The molecule has 6 heteroatoms. The van der Waals surface area contributed by atoms with Crippen molar-refractivity contribution in [1.29, 1.82) is 0 Å². The fourth-order valence-electron chi connectivity index (χ4n) is 3.37. The van der Waals surface area contributed by atoms with E-state index in [-0.39, 0.29) is 0 Å². The molecular formula is C21H24N6. The van der Waals surface area contributed by atoms with Gasteiger partial charge in [-0.15, -0.1) is 5.10 Å². The van der Waals surface area contributed by atoms with Gasteiger partial charge in [0, 0.05) is 30.2 Å². The molecule has 3 aromatic rings. The zero-order chi connectivity index (χ0) is 18.6. The molecule has 0 aliphatic carbocycles. The minimum Gasteiger partial charge on any atom is -0.372 e. The Labute approximate surface area is 159 Å². The minimum atomic E-state index is 0.473. The summed E-state index contributed by atoms with van der Waals surface area (Å²) in [5.41, 5.74) is 5.61. The summed E-state index contributed by atoms with van der Waals surface area (Å²) in [6.07, 6.45) is 4.19. The largest absolute Gasteiger partial charge is 0.372 e. The van der Waals surface area contributed by atoms with E-state index in [1.54, 1.807) is 6.20 Å². The minimum absolute atomic E-state index is 0.473. The predicted octanol–water partition coefficient (Wildman–Crippen LogP) is 4.58. The molecule has 0 unspecified atom stereocenters. The lowest BCUT2D eigenvalue weighted by molar-refractivity contribution is 0.949. The highest BCUT2D eigenvalue weighted by atomic mass is 15.3. The van der Waals surface area contributed by atoms with Gasteiger partial charge in [-0.05, 0) is 62.6 Å². The van der Waals surface area contributed by atoms with E-state index >= 15 is 0 Å². The molecule has 27 heavy (non-hydrogen) atoms. The second kappa shape index (κ2) is 7.61. The highest BCUT2D eigenvalue weighted by Gasteiger charge is 2.12. The van der Waals surface area contributed by atoms with Crippen molar-refractivity contribution >= 4 is 28.8 Å².